The van der Waals surface area contributed by atoms with Crippen molar-refractivity contribution in [1.29, 1.82) is 0 Å². The van der Waals surface area contributed by atoms with Crippen LogP contribution in [-0.2, 0) is 6.18 Å². The summed E-state index contributed by atoms with van der Waals surface area (Å²) in [6.07, 6.45) is -1.83. The molecule has 1 aliphatic rings. The SMILES string of the molecule is Cc1cc(C(F)(F)F)cc(N(C)CCN2CCCC2)c1C. The van der Waals surface area contributed by atoms with Crippen LogP contribution in [-0.4, -0.2) is 38.1 Å². The molecule has 0 saturated carbocycles. The van der Waals surface area contributed by atoms with Crippen LogP contribution in [0.15, 0.2) is 12.1 Å². The Morgan fingerprint density at radius 3 is 2.33 bits per heavy atom. The lowest BCUT2D eigenvalue weighted by Crippen LogP contribution is -2.32. The van der Waals surface area contributed by atoms with Crippen LogP contribution in [0.3, 0.4) is 0 Å². The maximum absolute atomic E-state index is 12.9. The summed E-state index contributed by atoms with van der Waals surface area (Å²) in [6, 6.07) is 2.50. The molecule has 0 aliphatic carbocycles. The van der Waals surface area contributed by atoms with Crippen LogP contribution in [0.2, 0.25) is 0 Å². The number of aryl methyl sites for hydroxylation is 1. The zero-order valence-corrected chi connectivity index (χ0v) is 12.9. The van der Waals surface area contributed by atoms with E-state index in [2.05, 4.69) is 4.90 Å². The predicted molar refractivity (Wildman–Crippen MR) is 79.9 cm³/mol. The third kappa shape index (κ3) is 3.90. The summed E-state index contributed by atoms with van der Waals surface area (Å²) in [4.78, 5) is 4.31. The molecule has 1 heterocycles. The van der Waals surface area contributed by atoms with E-state index in [1.54, 1.807) is 6.92 Å². The van der Waals surface area contributed by atoms with E-state index in [0.717, 1.165) is 31.7 Å². The van der Waals surface area contributed by atoms with Crippen molar-refractivity contribution in [3.8, 4) is 0 Å². The fraction of sp³-hybridized carbons (Fsp3) is 0.625. The summed E-state index contributed by atoms with van der Waals surface area (Å²) in [7, 11) is 1.87. The number of likely N-dealkylation sites (tertiary alicyclic amines) is 1. The van der Waals surface area contributed by atoms with Gasteiger partial charge in [0.25, 0.3) is 0 Å². The average Bonchev–Trinajstić information content (AvgIpc) is 2.91. The van der Waals surface area contributed by atoms with Gasteiger partial charge in [-0.2, -0.15) is 13.2 Å². The first-order valence-electron chi connectivity index (χ1n) is 7.41. The maximum Gasteiger partial charge on any atom is 0.416 e. The molecule has 0 unspecified atom stereocenters. The van der Waals surface area contributed by atoms with Crippen molar-refractivity contribution in [3.05, 3.63) is 28.8 Å². The second kappa shape index (κ2) is 6.26. The lowest BCUT2D eigenvalue weighted by Gasteiger charge is -2.26. The Balaban J connectivity index is 2.14. The number of likely N-dealkylation sites (N-methyl/N-ethyl adjacent to an activating group) is 1. The molecule has 1 fully saturated rings. The molecule has 1 aliphatic heterocycles. The molecule has 1 saturated heterocycles. The van der Waals surface area contributed by atoms with Crippen LogP contribution < -0.4 is 4.90 Å². The van der Waals surface area contributed by atoms with Crippen molar-refractivity contribution in [3.63, 3.8) is 0 Å². The first-order valence-corrected chi connectivity index (χ1v) is 7.41. The predicted octanol–water partition coefficient (Wildman–Crippen LogP) is 3.85. The van der Waals surface area contributed by atoms with E-state index in [1.807, 2.05) is 18.9 Å². The Morgan fingerprint density at radius 1 is 1.14 bits per heavy atom. The third-order valence-corrected chi connectivity index (χ3v) is 4.33. The molecule has 5 heteroatoms. The van der Waals surface area contributed by atoms with Crippen LogP contribution >= 0.6 is 0 Å². The minimum atomic E-state index is -4.29. The van der Waals surface area contributed by atoms with E-state index in [0.29, 0.717) is 11.3 Å². The van der Waals surface area contributed by atoms with Gasteiger partial charge in [0, 0.05) is 25.8 Å². The van der Waals surface area contributed by atoms with Crippen molar-refractivity contribution in [2.75, 3.05) is 38.1 Å². The smallest absolute Gasteiger partial charge is 0.373 e. The number of anilines is 1. The van der Waals surface area contributed by atoms with Crippen LogP contribution in [0, 0.1) is 13.8 Å². The van der Waals surface area contributed by atoms with Gasteiger partial charge in [0.1, 0.15) is 0 Å². The normalized spacial score (nSPS) is 16.5. The van der Waals surface area contributed by atoms with Gasteiger partial charge in [0.05, 0.1) is 5.56 Å². The molecule has 2 nitrogen and oxygen atoms in total. The lowest BCUT2D eigenvalue weighted by atomic mass is 10.0. The summed E-state index contributed by atoms with van der Waals surface area (Å²) in [5, 5.41) is 0. The van der Waals surface area contributed by atoms with Gasteiger partial charge in [-0.25, -0.2) is 0 Å². The Bertz CT molecular complexity index is 491. The largest absolute Gasteiger partial charge is 0.416 e. The highest BCUT2D eigenvalue weighted by molar-refractivity contribution is 5.58. The Morgan fingerprint density at radius 2 is 1.76 bits per heavy atom. The molecule has 0 N–H and O–H groups in total. The van der Waals surface area contributed by atoms with Crippen LogP contribution in [0.1, 0.15) is 29.5 Å². The summed E-state index contributed by atoms with van der Waals surface area (Å²) in [5.74, 6) is 0. The molecule has 1 aromatic rings. The first kappa shape index (κ1) is 16.1. The number of halogens is 3. The van der Waals surface area contributed by atoms with Gasteiger partial charge < -0.3 is 9.80 Å². The van der Waals surface area contributed by atoms with Gasteiger partial charge in [-0.05, 0) is 63.0 Å². The van der Waals surface area contributed by atoms with Crippen molar-refractivity contribution < 1.29 is 13.2 Å². The van der Waals surface area contributed by atoms with Gasteiger partial charge in [-0.15, -0.1) is 0 Å². The molecule has 0 spiro atoms. The fourth-order valence-corrected chi connectivity index (χ4v) is 2.82. The third-order valence-electron chi connectivity index (χ3n) is 4.33. The van der Waals surface area contributed by atoms with Gasteiger partial charge in [-0.1, -0.05) is 0 Å². The molecular formula is C16H23F3N2. The second-order valence-electron chi connectivity index (χ2n) is 5.91. The summed E-state index contributed by atoms with van der Waals surface area (Å²) >= 11 is 0. The molecule has 0 amide bonds. The summed E-state index contributed by atoms with van der Waals surface area (Å²) in [6.45, 7) is 7.50. The molecule has 2 rings (SSSR count). The minimum absolute atomic E-state index is 0.561. The molecule has 0 bridgehead atoms. The van der Waals surface area contributed by atoms with Crippen LogP contribution in [0.5, 0.6) is 0 Å². The quantitative estimate of drug-likeness (QED) is 0.833. The number of alkyl halides is 3. The van der Waals surface area contributed by atoms with Gasteiger partial charge in [-0.3, -0.25) is 0 Å². The topological polar surface area (TPSA) is 6.48 Å². The van der Waals surface area contributed by atoms with Crippen molar-refractivity contribution in [2.45, 2.75) is 32.9 Å². The van der Waals surface area contributed by atoms with E-state index in [1.165, 1.54) is 25.0 Å². The highest BCUT2D eigenvalue weighted by atomic mass is 19.4. The van der Waals surface area contributed by atoms with Crippen LogP contribution in [0.25, 0.3) is 0 Å². The van der Waals surface area contributed by atoms with Crippen molar-refractivity contribution in [2.24, 2.45) is 0 Å². The molecule has 0 aromatic heterocycles. The van der Waals surface area contributed by atoms with Crippen molar-refractivity contribution in [1.82, 2.24) is 4.90 Å². The summed E-state index contributed by atoms with van der Waals surface area (Å²) < 4.78 is 38.8. The fourth-order valence-electron chi connectivity index (χ4n) is 2.82. The van der Waals surface area contributed by atoms with Gasteiger partial charge >= 0.3 is 6.18 Å². The van der Waals surface area contributed by atoms with Crippen molar-refractivity contribution >= 4 is 5.69 Å². The molecule has 118 valence electrons. The number of hydrogen-bond acceptors (Lipinski definition) is 2. The number of nitrogens with zero attached hydrogens (tertiary/aromatic N) is 2. The molecular weight excluding hydrogens is 277 g/mol. The summed E-state index contributed by atoms with van der Waals surface area (Å²) in [5.41, 5.74) is 1.73. The Labute approximate surface area is 124 Å². The molecule has 0 radical (unpaired) electrons. The molecule has 0 atom stereocenters. The Hall–Kier alpha value is -1.23. The first-order chi connectivity index (χ1) is 9.79. The molecule has 1 aromatic carbocycles. The van der Waals surface area contributed by atoms with E-state index in [4.69, 9.17) is 0 Å². The standard InChI is InChI=1S/C16H23F3N2/c1-12-10-14(16(17,18)19)11-15(13(12)2)20(3)8-9-21-6-4-5-7-21/h10-11H,4-9H2,1-3H3. The second-order valence-corrected chi connectivity index (χ2v) is 5.91. The highest BCUT2D eigenvalue weighted by Crippen LogP contribution is 2.34. The van der Waals surface area contributed by atoms with E-state index >= 15 is 0 Å². The number of rotatable bonds is 4. The maximum atomic E-state index is 12.9. The lowest BCUT2D eigenvalue weighted by molar-refractivity contribution is -0.137. The highest BCUT2D eigenvalue weighted by Gasteiger charge is 2.31. The van der Waals surface area contributed by atoms with Gasteiger partial charge in [0.2, 0.25) is 0 Å². The van der Waals surface area contributed by atoms with E-state index < -0.39 is 11.7 Å². The zero-order chi connectivity index (χ0) is 15.6. The Kier molecular flexibility index (Phi) is 4.81. The number of benzene rings is 1. The average molecular weight is 300 g/mol. The van der Waals surface area contributed by atoms with Crippen LogP contribution in [0.4, 0.5) is 18.9 Å². The zero-order valence-electron chi connectivity index (χ0n) is 12.9. The van der Waals surface area contributed by atoms with E-state index in [9.17, 15) is 13.2 Å². The number of hydrogen-bond donors (Lipinski definition) is 0. The molecule has 21 heavy (non-hydrogen) atoms. The van der Waals surface area contributed by atoms with Gasteiger partial charge in [0.15, 0.2) is 0 Å². The monoisotopic (exact) mass is 300 g/mol. The minimum Gasteiger partial charge on any atom is -0.373 e. The van der Waals surface area contributed by atoms with E-state index in [-0.39, 0.29) is 0 Å².